The van der Waals surface area contributed by atoms with Crippen molar-refractivity contribution < 1.29 is 4.79 Å². The molecule has 0 saturated carbocycles. The quantitative estimate of drug-likeness (QED) is 0.853. The Bertz CT molecular complexity index is 755. The van der Waals surface area contributed by atoms with Gasteiger partial charge in [-0.15, -0.1) is 0 Å². The van der Waals surface area contributed by atoms with Gasteiger partial charge in [-0.05, 0) is 43.0 Å². The molecule has 1 fully saturated rings. The SMILES string of the molecule is CC1CCN(C(=O)c2cccc(-c3cccc(C#N)c3)n2)CC1. The topological polar surface area (TPSA) is 57.0 Å². The van der Waals surface area contributed by atoms with Crippen LogP contribution in [-0.4, -0.2) is 28.9 Å². The molecule has 1 amide bonds. The number of piperidine rings is 1. The number of hydrogen-bond donors (Lipinski definition) is 0. The number of rotatable bonds is 2. The number of hydrogen-bond acceptors (Lipinski definition) is 3. The first kappa shape index (κ1) is 15.2. The van der Waals surface area contributed by atoms with E-state index in [9.17, 15) is 4.79 Å². The van der Waals surface area contributed by atoms with Crippen LogP contribution in [0.15, 0.2) is 42.5 Å². The number of benzene rings is 1. The predicted molar refractivity (Wildman–Crippen MR) is 88.7 cm³/mol. The molecule has 23 heavy (non-hydrogen) atoms. The molecule has 1 aromatic heterocycles. The van der Waals surface area contributed by atoms with Crippen molar-refractivity contribution in [3.05, 3.63) is 53.7 Å². The van der Waals surface area contributed by atoms with Crippen LogP contribution in [-0.2, 0) is 0 Å². The van der Waals surface area contributed by atoms with Crippen LogP contribution < -0.4 is 0 Å². The van der Waals surface area contributed by atoms with Crippen molar-refractivity contribution in [2.45, 2.75) is 19.8 Å². The van der Waals surface area contributed by atoms with Crippen molar-refractivity contribution >= 4 is 5.91 Å². The fourth-order valence-electron chi connectivity index (χ4n) is 2.84. The Morgan fingerprint density at radius 3 is 2.70 bits per heavy atom. The molecule has 0 atom stereocenters. The summed E-state index contributed by atoms with van der Waals surface area (Å²) in [5.74, 6) is 0.683. The van der Waals surface area contributed by atoms with Gasteiger partial charge < -0.3 is 4.90 Å². The minimum Gasteiger partial charge on any atom is -0.337 e. The number of pyridine rings is 1. The maximum Gasteiger partial charge on any atom is 0.272 e. The minimum atomic E-state index is -0.00446. The zero-order valence-electron chi connectivity index (χ0n) is 13.2. The van der Waals surface area contributed by atoms with Crippen LogP contribution in [0.1, 0.15) is 35.8 Å². The molecule has 3 rings (SSSR count). The molecule has 1 aliphatic heterocycles. The van der Waals surface area contributed by atoms with Gasteiger partial charge in [-0.1, -0.05) is 25.1 Å². The van der Waals surface area contributed by atoms with Crippen molar-refractivity contribution in [3.8, 4) is 17.3 Å². The van der Waals surface area contributed by atoms with Gasteiger partial charge in [0.05, 0.1) is 17.3 Å². The standard InChI is InChI=1S/C19H19N3O/c1-14-8-10-22(11-9-14)19(23)18-7-3-6-17(21-18)16-5-2-4-15(12-16)13-20/h2-7,12,14H,8-11H2,1H3. The molecular formula is C19H19N3O. The summed E-state index contributed by atoms with van der Waals surface area (Å²) in [6.07, 6.45) is 2.10. The fraction of sp³-hybridized carbons (Fsp3) is 0.316. The second-order valence-corrected chi connectivity index (χ2v) is 6.08. The molecule has 0 N–H and O–H groups in total. The maximum atomic E-state index is 12.6. The Balaban J connectivity index is 1.85. The Morgan fingerprint density at radius 2 is 1.96 bits per heavy atom. The van der Waals surface area contributed by atoms with Gasteiger partial charge in [0, 0.05) is 18.7 Å². The van der Waals surface area contributed by atoms with Crippen LogP contribution in [0, 0.1) is 17.2 Å². The summed E-state index contributed by atoms with van der Waals surface area (Å²) in [6.45, 7) is 3.83. The molecule has 1 aromatic carbocycles. The average Bonchev–Trinajstić information content (AvgIpc) is 2.62. The molecule has 2 heterocycles. The smallest absolute Gasteiger partial charge is 0.272 e. The van der Waals surface area contributed by atoms with E-state index in [1.165, 1.54) is 0 Å². The van der Waals surface area contributed by atoms with Gasteiger partial charge in [0.25, 0.3) is 5.91 Å². The molecular weight excluding hydrogens is 286 g/mol. The number of amides is 1. The fourth-order valence-corrected chi connectivity index (χ4v) is 2.84. The Morgan fingerprint density at radius 1 is 1.22 bits per heavy atom. The first-order valence-electron chi connectivity index (χ1n) is 7.94. The van der Waals surface area contributed by atoms with Gasteiger partial charge in [0.15, 0.2) is 0 Å². The highest BCUT2D eigenvalue weighted by Gasteiger charge is 2.22. The second-order valence-electron chi connectivity index (χ2n) is 6.08. The highest BCUT2D eigenvalue weighted by molar-refractivity contribution is 5.93. The third-order valence-electron chi connectivity index (χ3n) is 4.33. The number of carbonyl (C=O) groups excluding carboxylic acids is 1. The molecule has 0 bridgehead atoms. The Hall–Kier alpha value is -2.67. The third-order valence-corrected chi connectivity index (χ3v) is 4.33. The molecule has 1 aliphatic rings. The lowest BCUT2D eigenvalue weighted by Gasteiger charge is -2.30. The lowest BCUT2D eigenvalue weighted by atomic mass is 9.99. The van der Waals surface area contributed by atoms with E-state index in [0.717, 1.165) is 37.2 Å². The third kappa shape index (κ3) is 3.40. The first-order valence-corrected chi connectivity index (χ1v) is 7.94. The van der Waals surface area contributed by atoms with Crippen LogP contribution in [0.25, 0.3) is 11.3 Å². The van der Waals surface area contributed by atoms with Crippen molar-refractivity contribution in [1.29, 1.82) is 5.26 Å². The van der Waals surface area contributed by atoms with Crippen molar-refractivity contribution in [2.24, 2.45) is 5.92 Å². The van der Waals surface area contributed by atoms with E-state index < -0.39 is 0 Å². The van der Waals surface area contributed by atoms with Crippen LogP contribution in [0.3, 0.4) is 0 Å². The second kappa shape index (κ2) is 6.62. The van der Waals surface area contributed by atoms with E-state index in [1.54, 1.807) is 18.2 Å². The molecule has 0 spiro atoms. The summed E-state index contributed by atoms with van der Waals surface area (Å²) in [7, 11) is 0. The average molecular weight is 305 g/mol. The van der Waals surface area contributed by atoms with E-state index >= 15 is 0 Å². The summed E-state index contributed by atoms with van der Waals surface area (Å²) in [5, 5.41) is 9.01. The van der Waals surface area contributed by atoms with Crippen LogP contribution in [0.4, 0.5) is 0 Å². The largest absolute Gasteiger partial charge is 0.337 e. The molecule has 116 valence electrons. The predicted octanol–water partition coefficient (Wildman–Crippen LogP) is 3.49. The van der Waals surface area contributed by atoms with E-state index in [2.05, 4.69) is 18.0 Å². The van der Waals surface area contributed by atoms with Crippen molar-refractivity contribution in [1.82, 2.24) is 9.88 Å². The first-order chi connectivity index (χ1) is 11.2. The molecule has 2 aromatic rings. The molecule has 0 radical (unpaired) electrons. The van der Waals surface area contributed by atoms with Gasteiger partial charge in [-0.3, -0.25) is 4.79 Å². The monoisotopic (exact) mass is 305 g/mol. The molecule has 4 heteroatoms. The summed E-state index contributed by atoms with van der Waals surface area (Å²) in [6, 6.07) is 14.9. The summed E-state index contributed by atoms with van der Waals surface area (Å²) >= 11 is 0. The lowest BCUT2D eigenvalue weighted by molar-refractivity contribution is 0.0691. The van der Waals surface area contributed by atoms with Crippen LogP contribution in [0.2, 0.25) is 0 Å². The number of nitriles is 1. The minimum absolute atomic E-state index is 0.00446. The molecule has 1 saturated heterocycles. The van der Waals surface area contributed by atoms with Gasteiger partial charge in [-0.2, -0.15) is 5.26 Å². The van der Waals surface area contributed by atoms with Gasteiger partial charge >= 0.3 is 0 Å². The maximum absolute atomic E-state index is 12.6. The number of aromatic nitrogens is 1. The van der Waals surface area contributed by atoms with Gasteiger partial charge in [0.2, 0.25) is 0 Å². The summed E-state index contributed by atoms with van der Waals surface area (Å²) in [4.78, 5) is 19.0. The van der Waals surface area contributed by atoms with E-state index in [0.29, 0.717) is 17.2 Å². The van der Waals surface area contributed by atoms with Gasteiger partial charge in [0.1, 0.15) is 5.69 Å². The molecule has 0 aliphatic carbocycles. The number of carbonyl (C=O) groups is 1. The highest BCUT2D eigenvalue weighted by atomic mass is 16.2. The zero-order chi connectivity index (χ0) is 16.2. The Labute approximate surface area is 136 Å². The van der Waals surface area contributed by atoms with Crippen LogP contribution >= 0.6 is 0 Å². The molecule has 0 unspecified atom stereocenters. The van der Waals surface area contributed by atoms with E-state index in [4.69, 9.17) is 5.26 Å². The number of nitrogens with zero attached hydrogens (tertiary/aromatic N) is 3. The normalized spacial score (nSPS) is 15.2. The van der Waals surface area contributed by atoms with Crippen LogP contribution in [0.5, 0.6) is 0 Å². The number of likely N-dealkylation sites (tertiary alicyclic amines) is 1. The van der Waals surface area contributed by atoms with Crippen molar-refractivity contribution in [3.63, 3.8) is 0 Å². The Kier molecular flexibility index (Phi) is 4.38. The van der Waals surface area contributed by atoms with E-state index in [1.807, 2.05) is 29.2 Å². The molecule has 4 nitrogen and oxygen atoms in total. The van der Waals surface area contributed by atoms with Gasteiger partial charge in [-0.25, -0.2) is 4.98 Å². The van der Waals surface area contributed by atoms with Crippen molar-refractivity contribution in [2.75, 3.05) is 13.1 Å². The summed E-state index contributed by atoms with van der Waals surface area (Å²) in [5.41, 5.74) is 2.63. The zero-order valence-corrected chi connectivity index (χ0v) is 13.2. The van der Waals surface area contributed by atoms with E-state index in [-0.39, 0.29) is 5.91 Å². The highest BCUT2D eigenvalue weighted by Crippen LogP contribution is 2.21. The lowest BCUT2D eigenvalue weighted by Crippen LogP contribution is -2.38. The summed E-state index contributed by atoms with van der Waals surface area (Å²) < 4.78 is 0.